The van der Waals surface area contributed by atoms with Gasteiger partial charge in [-0.05, 0) is 25.0 Å². The zero-order valence-corrected chi connectivity index (χ0v) is 18.4. The maximum absolute atomic E-state index is 6.01. The first-order valence-electron chi connectivity index (χ1n) is 9.03. The molecule has 6 nitrogen and oxygen atoms in total. The van der Waals surface area contributed by atoms with Crippen LogP contribution in [0.3, 0.4) is 0 Å². The Balaban J connectivity index is 0.00000338. The van der Waals surface area contributed by atoms with Gasteiger partial charge in [-0.15, -0.1) is 24.0 Å². The average Bonchev–Trinajstić information content (AvgIpc) is 2.64. The lowest BCUT2D eigenvalue weighted by atomic mass is 10.0. The Morgan fingerprint density at radius 2 is 2.12 bits per heavy atom. The van der Waals surface area contributed by atoms with E-state index in [1.807, 2.05) is 0 Å². The molecule has 2 rings (SSSR count). The molecule has 1 aromatic rings. The first-order valence-corrected chi connectivity index (χ1v) is 9.03. The molecule has 1 aliphatic heterocycles. The summed E-state index contributed by atoms with van der Waals surface area (Å²) in [7, 11) is 1.67. The van der Waals surface area contributed by atoms with Gasteiger partial charge in [-0.25, -0.2) is 0 Å². The van der Waals surface area contributed by atoms with Crippen molar-refractivity contribution in [3.8, 4) is 0 Å². The second-order valence-electron chi connectivity index (χ2n) is 6.00. The molecular formula is C19H32IN3O3. The molecule has 26 heavy (non-hydrogen) atoms. The summed E-state index contributed by atoms with van der Waals surface area (Å²) in [6, 6.07) is 8.42. The number of rotatable bonds is 8. The van der Waals surface area contributed by atoms with Crippen LogP contribution >= 0.6 is 24.0 Å². The van der Waals surface area contributed by atoms with Crippen LogP contribution in [0.25, 0.3) is 0 Å². The van der Waals surface area contributed by atoms with Gasteiger partial charge in [0.05, 0.1) is 39.5 Å². The highest BCUT2D eigenvalue weighted by Crippen LogP contribution is 2.24. The van der Waals surface area contributed by atoms with Crippen molar-refractivity contribution in [1.82, 2.24) is 10.2 Å². The fourth-order valence-electron chi connectivity index (χ4n) is 2.86. The second kappa shape index (κ2) is 13.3. The summed E-state index contributed by atoms with van der Waals surface area (Å²) in [4.78, 5) is 6.97. The highest BCUT2D eigenvalue weighted by molar-refractivity contribution is 14.0. The van der Waals surface area contributed by atoms with Crippen molar-refractivity contribution >= 4 is 29.9 Å². The lowest BCUT2D eigenvalue weighted by molar-refractivity contribution is -0.00839. The lowest BCUT2D eigenvalue weighted by Crippen LogP contribution is -2.48. The standard InChI is InChI=1S/C19H31N3O3.HI/c1-4-20-19(21-9-11-24-14-13-23-3)22-10-12-25-18(15-22)17-8-6-5-7-16(17)2;/h5-8,18H,4,9-15H2,1-3H3,(H,20,21);1H. The molecular weight excluding hydrogens is 445 g/mol. The third-order valence-corrected chi connectivity index (χ3v) is 4.17. The molecule has 1 N–H and O–H groups in total. The van der Waals surface area contributed by atoms with E-state index < -0.39 is 0 Å². The number of methoxy groups -OCH3 is 1. The van der Waals surface area contributed by atoms with Crippen LogP contribution in [0.15, 0.2) is 29.3 Å². The van der Waals surface area contributed by atoms with E-state index in [0.29, 0.717) is 33.0 Å². The van der Waals surface area contributed by atoms with Crippen LogP contribution in [0.5, 0.6) is 0 Å². The monoisotopic (exact) mass is 477 g/mol. The van der Waals surface area contributed by atoms with Gasteiger partial charge in [-0.1, -0.05) is 24.3 Å². The fourth-order valence-corrected chi connectivity index (χ4v) is 2.86. The molecule has 7 heteroatoms. The fraction of sp³-hybridized carbons (Fsp3) is 0.632. The number of hydrogen-bond acceptors (Lipinski definition) is 4. The second-order valence-corrected chi connectivity index (χ2v) is 6.00. The average molecular weight is 477 g/mol. The molecule has 0 amide bonds. The number of nitrogens with one attached hydrogen (secondary N) is 1. The number of hydrogen-bond donors (Lipinski definition) is 1. The van der Waals surface area contributed by atoms with Crippen molar-refractivity contribution in [3.05, 3.63) is 35.4 Å². The van der Waals surface area contributed by atoms with E-state index in [-0.39, 0.29) is 30.1 Å². The van der Waals surface area contributed by atoms with Gasteiger partial charge in [0.2, 0.25) is 0 Å². The smallest absolute Gasteiger partial charge is 0.194 e. The van der Waals surface area contributed by atoms with Gasteiger partial charge in [-0.3, -0.25) is 4.99 Å². The van der Waals surface area contributed by atoms with E-state index in [0.717, 1.165) is 25.6 Å². The highest BCUT2D eigenvalue weighted by atomic mass is 127. The van der Waals surface area contributed by atoms with Gasteiger partial charge >= 0.3 is 0 Å². The van der Waals surface area contributed by atoms with Crippen LogP contribution < -0.4 is 5.32 Å². The molecule has 1 unspecified atom stereocenters. The Morgan fingerprint density at radius 1 is 1.31 bits per heavy atom. The van der Waals surface area contributed by atoms with Crippen LogP contribution in [0.2, 0.25) is 0 Å². The van der Waals surface area contributed by atoms with Crippen molar-refractivity contribution < 1.29 is 14.2 Å². The minimum atomic E-state index is 0. The Labute approximate surface area is 174 Å². The first-order chi connectivity index (χ1) is 12.3. The van der Waals surface area contributed by atoms with Crippen LogP contribution in [0.1, 0.15) is 24.2 Å². The van der Waals surface area contributed by atoms with E-state index in [1.54, 1.807) is 7.11 Å². The molecule has 0 aliphatic carbocycles. The molecule has 1 saturated heterocycles. The zero-order chi connectivity index (χ0) is 17.9. The third-order valence-electron chi connectivity index (χ3n) is 4.17. The largest absolute Gasteiger partial charge is 0.382 e. The predicted molar refractivity (Wildman–Crippen MR) is 116 cm³/mol. The van der Waals surface area contributed by atoms with Crippen molar-refractivity contribution in [1.29, 1.82) is 0 Å². The molecule has 148 valence electrons. The molecule has 0 saturated carbocycles. The van der Waals surface area contributed by atoms with Gasteiger partial charge in [0.25, 0.3) is 0 Å². The van der Waals surface area contributed by atoms with Crippen molar-refractivity contribution in [2.24, 2.45) is 4.99 Å². The van der Waals surface area contributed by atoms with Crippen molar-refractivity contribution in [2.45, 2.75) is 20.0 Å². The quantitative estimate of drug-likeness (QED) is 0.270. The van der Waals surface area contributed by atoms with Crippen LogP contribution in [0.4, 0.5) is 0 Å². The van der Waals surface area contributed by atoms with Crippen LogP contribution in [0, 0.1) is 6.92 Å². The molecule has 0 bridgehead atoms. The number of guanidine groups is 1. The van der Waals surface area contributed by atoms with Gasteiger partial charge in [0, 0.05) is 20.2 Å². The highest BCUT2D eigenvalue weighted by Gasteiger charge is 2.24. The molecule has 1 fully saturated rings. The number of aliphatic imine (C=N–C) groups is 1. The van der Waals surface area contributed by atoms with Crippen LogP contribution in [-0.2, 0) is 14.2 Å². The van der Waals surface area contributed by atoms with Gasteiger partial charge < -0.3 is 24.4 Å². The van der Waals surface area contributed by atoms with Gasteiger partial charge in [0.1, 0.15) is 6.10 Å². The van der Waals surface area contributed by atoms with Crippen LogP contribution in [-0.4, -0.2) is 70.6 Å². The summed E-state index contributed by atoms with van der Waals surface area (Å²) in [5, 5.41) is 3.38. The Bertz CT molecular complexity index is 543. The summed E-state index contributed by atoms with van der Waals surface area (Å²) in [5.41, 5.74) is 2.52. The minimum absolute atomic E-state index is 0. The van der Waals surface area contributed by atoms with E-state index in [4.69, 9.17) is 19.2 Å². The molecule has 0 aromatic heterocycles. The SMILES string of the molecule is CCNC(=NCCOCCOC)N1CCOC(c2ccccc2C)C1.I. The summed E-state index contributed by atoms with van der Waals surface area (Å²) in [5.74, 6) is 0.930. The minimum Gasteiger partial charge on any atom is -0.382 e. The number of morpholine rings is 1. The molecule has 1 aromatic carbocycles. The van der Waals surface area contributed by atoms with Gasteiger partial charge in [0.15, 0.2) is 5.96 Å². The summed E-state index contributed by atoms with van der Waals surface area (Å²) in [6.07, 6.45) is 0.0803. The Kier molecular flexibility index (Phi) is 11.8. The maximum atomic E-state index is 6.01. The van der Waals surface area contributed by atoms with E-state index in [2.05, 4.69) is 48.3 Å². The van der Waals surface area contributed by atoms with Crippen molar-refractivity contribution in [2.75, 3.05) is 59.7 Å². The van der Waals surface area contributed by atoms with E-state index in [9.17, 15) is 0 Å². The number of benzene rings is 1. The molecule has 0 radical (unpaired) electrons. The number of ether oxygens (including phenoxy) is 3. The Morgan fingerprint density at radius 3 is 2.85 bits per heavy atom. The molecule has 1 heterocycles. The number of aryl methyl sites for hydroxylation is 1. The van der Waals surface area contributed by atoms with E-state index >= 15 is 0 Å². The molecule has 1 atom stereocenters. The predicted octanol–water partition coefficient (Wildman–Crippen LogP) is 2.61. The van der Waals surface area contributed by atoms with E-state index in [1.165, 1.54) is 11.1 Å². The topological polar surface area (TPSA) is 55.3 Å². The molecule has 1 aliphatic rings. The lowest BCUT2D eigenvalue weighted by Gasteiger charge is -2.35. The summed E-state index contributed by atoms with van der Waals surface area (Å²) >= 11 is 0. The first kappa shape index (κ1) is 23.1. The van der Waals surface area contributed by atoms with Crippen molar-refractivity contribution in [3.63, 3.8) is 0 Å². The number of nitrogens with zero attached hydrogens (tertiary/aromatic N) is 2. The number of halogens is 1. The maximum Gasteiger partial charge on any atom is 0.194 e. The Hall–Kier alpha value is -0.900. The third kappa shape index (κ3) is 7.38. The molecule has 0 spiro atoms. The normalized spacial score (nSPS) is 17.7. The summed E-state index contributed by atoms with van der Waals surface area (Å²) in [6.45, 7) is 9.88. The summed E-state index contributed by atoms with van der Waals surface area (Å²) < 4.78 is 16.5. The van der Waals surface area contributed by atoms with Gasteiger partial charge in [-0.2, -0.15) is 0 Å². The zero-order valence-electron chi connectivity index (χ0n) is 16.1.